The molecule has 26 heavy (non-hydrogen) atoms. The van der Waals surface area contributed by atoms with Crippen molar-refractivity contribution in [3.8, 4) is 0 Å². The number of ether oxygens (including phenoxy) is 1. The lowest BCUT2D eigenvalue weighted by Gasteiger charge is -2.42. The zero-order valence-corrected chi connectivity index (χ0v) is 19.2. The molecule has 5 nitrogen and oxygen atoms in total. The summed E-state index contributed by atoms with van der Waals surface area (Å²) in [5.74, 6) is 0.0836. The summed E-state index contributed by atoms with van der Waals surface area (Å²) in [6.07, 6.45) is 1.23. The minimum atomic E-state index is -1.97. The van der Waals surface area contributed by atoms with E-state index in [4.69, 9.17) is 9.16 Å². The van der Waals surface area contributed by atoms with Crippen LogP contribution in [0, 0.1) is 5.92 Å². The van der Waals surface area contributed by atoms with E-state index in [1.54, 1.807) is 6.08 Å². The van der Waals surface area contributed by atoms with E-state index in [2.05, 4.69) is 33.9 Å². The SMILES string of the molecule is CC(C)C1=CC(=O)CN(C(=O)OC(C)(C)C)[C@@H]1CO[Si](C)(C)C(C)(C)C. The summed E-state index contributed by atoms with van der Waals surface area (Å²) < 4.78 is 11.9. The van der Waals surface area contributed by atoms with Gasteiger partial charge in [0.15, 0.2) is 14.1 Å². The third-order valence-electron chi connectivity index (χ3n) is 5.12. The first kappa shape index (κ1) is 22.9. The lowest BCUT2D eigenvalue weighted by atomic mass is 9.91. The van der Waals surface area contributed by atoms with E-state index in [-0.39, 0.29) is 29.3 Å². The molecule has 150 valence electrons. The quantitative estimate of drug-likeness (QED) is 0.656. The molecule has 0 saturated heterocycles. The van der Waals surface area contributed by atoms with Crippen molar-refractivity contribution in [1.29, 1.82) is 0 Å². The molecule has 1 rings (SSSR count). The van der Waals surface area contributed by atoms with Gasteiger partial charge in [-0.15, -0.1) is 0 Å². The fourth-order valence-electron chi connectivity index (χ4n) is 2.54. The zero-order chi connectivity index (χ0) is 20.5. The number of nitrogens with zero attached hydrogens (tertiary/aromatic N) is 1. The van der Waals surface area contributed by atoms with Gasteiger partial charge in [-0.05, 0) is 56.5 Å². The predicted molar refractivity (Wildman–Crippen MR) is 108 cm³/mol. The van der Waals surface area contributed by atoms with Crippen LogP contribution in [0.2, 0.25) is 18.1 Å². The molecule has 0 aliphatic carbocycles. The second-order valence-corrected chi connectivity index (χ2v) is 14.8. The minimum Gasteiger partial charge on any atom is -0.444 e. The molecule has 6 heteroatoms. The molecule has 0 N–H and O–H groups in total. The number of ketones is 1. The molecule has 0 aromatic heterocycles. The van der Waals surface area contributed by atoms with Crippen LogP contribution in [0.4, 0.5) is 4.79 Å². The summed E-state index contributed by atoms with van der Waals surface area (Å²) in [7, 11) is -1.97. The summed E-state index contributed by atoms with van der Waals surface area (Å²) in [5.41, 5.74) is 0.329. The predicted octanol–water partition coefficient (Wildman–Crippen LogP) is 4.78. The van der Waals surface area contributed by atoms with Crippen LogP contribution in [0.25, 0.3) is 0 Å². The Hall–Kier alpha value is -1.14. The highest BCUT2D eigenvalue weighted by atomic mass is 28.4. The summed E-state index contributed by atoms with van der Waals surface area (Å²) in [4.78, 5) is 26.5. The molecule has 0 fully saturated rings. The lowest BCUT2D eigenvalue weighted by Crippen LogP contribution is -2.53. The largest absolute Gasteiger partial charge is 0.444 e. The van der Waals surface area contributed by atoms with Crippen molar-refractivity contribution in [2.45, 2.75) is 85.2 Å². The Morgan fingerprint density at radius 1 is 1.23 bits per heavy atom. The fraction of sp³-hybridized carbons (Fsp3) is 0.800. The molecular formula is C20H37NO4Si. The van der Waals surface area contributed by atoms with Gasteiger partial charge >= 0.3 is 6.09 Å². The van der Waals surface area contributed by atoms with Gasteiger partial charge in [0.05, 0.1) is 19.2 Å². The van der Waals surface area contributed by atoms with Crippen LogP contribution >= 0.6 is 0 Å². The van der Waals surface area contributed by atoms with Crippen molar-refractivity contribution in [3.63, 3.8) is 0 Å². The summed E-state index contributed by atoms with van der Waals surface area (Å²) in [6, 6.07) is -0.267. The standard InChI is InChI=1S/C20H37NO4Si/c1-14(2)16-11-15(22)12-21(18(23)25-19(3,4)5)17(16)13-24-26(9,10)20(6,7)8/h11,14,17H,12-13H2,1-10H3/t17-/m1/s1. The minimum absolute atomic E-state index is 0.0384. The normalized spacial score (nSPS) is 19.7. The van der Waals surface area contributed by atoms with Crippen LogP contribution in [0.5, 0.6) is 0 Å². The zero-order valence-electron chi connectivity index (χ0n) is 18.2. The van der Waals surface area contributed by atoms with Gasteiger partial charge in [-0.1, -0.05) is 34.6 Å². The summed E-state index contributed by atoms with van der Waals surface area (Å²) >= 11 is 0. The molecule has 0 radical (unpaired) electrons. The van der Waals surface area contributed by atoms with Crippen molar-refractivity contribution >= 4 is 20.2 Å². The molecule has 0 saturated carbocycles. The molecule has 1 amide bonds. The molecule has 0 aromatic carbocycles. The molecule has 1 aliphatic rings. The molecule has 0 spiro atoms. The number of amides is 1. The maximum Gasteiger partial charge on any atom is 0.411 e. The van der Waals surface area contributed by atoms with E-state index in [0.717, 1.165) is 5.57 Å². The van der Waals surface area contributed by atoms with Gasteiger partial charge < -0.3 is 9.16 Å². The molecule has 0 unspecified atom stereocenters. The average Bonchev–Trinajstić information content (AvgIpc) is 2.41. The van der Waals surface area contributed by atoms with E-state index >= 15 is 0 Å². The number of hydrogen-bond donors (Lipinski definition) is 0. The van der Waals surface area contributed by atoms with Crippen LogP contribution in [-0.2, 0) is 14.0 Å². The molecule has 1 heterocycles. The van der Waals surface area contributed by atoms with Gasteiger partial charge in [0.1, 0.15) is 5.60 Å². The second-order valence-electron chi connectivity index (χ2n) is 9.96. The van der Waals surface area contributed by atoms with E-state index in [1.165, 1.54) is 4.90 Å². The van der Waals surface area contributed by atoms with Crippen LogP contribution < -0.4 is 0 Å². The van der Waals surface area contributed by atoms with Crippen LogP contribution in [-0.4, -0.2) is 49.9 Å². The first-order valence-corrected chi connectivity index (χ1v) is 12.3. The Balaban J connectivity index is 3.13. The molecule has 1 aliphatic heterocycles. The van der Waals surface area contributed by atoms with Crippen molar-refractivity contribution in [2.24, 2.45) is 5.92 Å². The third kappa shape index (κ3) is 5.95. The van der Waals surface area contributed by atoms with E-state index in [1.807, 2.05) is 34.6 Å². The van der Waals surface area contributed by atoms with E-state index < -0.39 is 20.0 Å². The molecule has 0 aromatic rings. The van der Waals surface area contributed by atoms with E-state index in [0.29, 0.717) is 6.61 Å². The maximum absolute atomic E-state index is 12.7. The summed E-state index contributed by atoms with van der Waals surface area (Å²) in [6.45, 7) is 21.0. The molecular weight excluding hydrogens is 346 g/mol. The Morgan fingerprint density at radius 3 is 2.19 bits per heavy atom. The van der Waals surface area contributed by atoms with Gasteiger partial charge in [-0.25, -0.2) is 4.79 Å². The summed E-state index contributed by atoms with van der Waals surface area (Å²) in [5, 5.41) is 0.0793. The topological polar surface area (TPSA) is 55.8 Å². The van der Waals surface area contributed by atoms with Gasteiger partial charge in [0, 0.05) is 0 Å². The number of carbonyl (C=O) groups is 2. The Labute approximate surface area is 160 Å². The lowest BCUT2D eigenvalue weighted by molar-refractivity contribution is -0.117. The van der Waals surface area contributed by atoms with Gasteiger partial charge in [-0.3, -0.25) is 9.69 Å². The Morgan fingerprint density at radius 2 is 1.77 bits per heavy atom. The van der Waals surface area contributed by atoms with Crippen LogP contribution in [0.1, 0.15) is 55.4 Å². The number of hydrogen-bond acceptors (Lipinski definition) is 4. The Kier molecular flexibility index (Phi) is 6.91. The highest BCUT2D eigenvalue weighted by Crippen LogP contribution is 2.37. The number of carbonyl (C=O) groups excluding carboxylic acids is 2. The third-order valence-corrected chi connectivity index (χ3v) is 9.62. The first-order valence-electron chi connectivity index (χ1n) is 9.43. The van der Waals surface area contributed by atoms with Crippen LogP contribution in [0.3, 0.4) is 0 Å². The Bertz CT molecular complexity index is 567. The van der Waals surface area contributed by atoms with Crippen molar-refractivity contribution in [2.75, 3.05) is 13.2 Å². The van der Waals surface area contributed by atoms with Gasteiger partial charge in [0.2, 0.25) is 0 Å². The first-order chi connectivity index (χ1) is 11.5. The maximum atomic E-state index is 12.7. The monoisotopic (exact) mass is 383 g/mol. The van der Waals surface area contributed by atoms with E-state index in [9.17, 15) is 9.59 Å². The van der Waals surface area contributed by atoms with Crippen molar-refractivity contribution in [1.82, 2.24) is 4.90 Å². The fourth-order valence-corrected chi connectivity index (χ4v) is 3.55. The smallest absolute Gasteiger partial charge is 0.411 e. The van der Waals surface area contributed by atoms with Crippen LogP contribution in [0.15, 0.2) is 11.6 Å². The average molecular weight is 384 g/mol. The highest BCUT2D eigenvalue weighted by Gasteiger charge is 2.41. The molecule has 1 atom stereocenters. The van der Waals surface area contributed by atoms with Gasteiger partial charge in [-0.2, -0.15) is 0 Å². The van der Waals surface area contributed by atoms with Crippen molar-refractivity contribution < 1.29 is 18.8 Å². The van der Waals surface area contributed by atoms with Gasteiger partial charge in [0.25, 0.3) is 0 Å². The highest BCUT2D eigenvalue weighted by molar-refractivity contribution is 6.74. The number of rotatable bonds is 4. The van der Waals surface area contributed by atoms with Crippen molar-refractivity contribution in [3.05, 3.63) is 11.6 Å². The molecule has 0 bridgehead atoms. The second kappa shape index (κ2) is 7.85.